The summed E-state index contributed by atoms with van der Waals surface area (Å²) in [5, 5.41) is 0. The molecule has 0 radical (unpaired) electrons. The van der Waals surface area contributed by atoms with Gasteiger partial charge in [-0.05, 0) is 55.7 Å². The van der Waals surface area contributed by atoms with Crippen LogP contribution in [-0.4, -0.2) is 26.7 Å². The number of carbonyl (C=O) groups is 1. The van der Waals surface area contributed by atoms with Crippen molar-refractivity contribution < 1.29 is 17.9 Å². The van der Waals surface area contributed by atoms with Gasteiger partial charge >= 0.3 is 5.97 Å². The number of benzene rings is 1. The van der Waals surface area contributed by atoms with Gasteiger partial charge in [0.1, 0.15) is 0 Å². The van der Waals surface area contributed by atoms with Crippen LogP contribution in [0.25, 0.3) is 0 Å². The molecular weight excluding hydrogens is 276 g/mol. The van der Waals surface area contributed by atoms with Crippen molar-refractivity contribution in [3.05, 3.63) is 29.8 Å². The van der Waals surface area contributed by atoms with Crippen molar-refractivity contribution in [2.24, 2.45) is 11.8 Å². The van der Waals surface area contributed by atoms with Gasteiger partial charge in [0.15, 0.2) is 9.84 Å². The van der Waals surface area contributed by atoms with Crippen LogP contribution < -0.4 is 0 Å². The van der Waals surface area contributed by atoms with Crippen LogP contribution in [0, 0.1) is 11.8 Å². The third-order valence-electron chi connectivity index (χ3n) is 3.73. The van der Waals surface area contributed by atoms with Crippen molar-refractivity contribution in [2.75, 3.05) is 12.4 Å². The fraction of sp³-hybridized carbons (Fsp3) is 0.533. The van der Waals surface area contributed by atoms with Gasteiger partial charge < -0.3 is 4.74 Å². The van der Waals surface area contributed by atoms with Gasteiger partial charge in [0.05, 0.1) is 22.8 Å². The van der Waals surface area contributed by atoms with Crippen LogP contribution in [0.1, 0.15) is 36.0 Å². The van der Waals surface area contributed by atoms with Gasteiger partial charge in [0.2, 0.25) is 0 Å². The second kappa shape index (κ2) is 5.20. The Morgan fingerprint density at radius 1 is 1.15 bits per heavy atom. The molecule has 1 aromatic rings. The topological polar surface area (TPSA) is 60.4 Å². The monoisotopic (exact) mass is 294 g/mol. The summed E-state index contributed by atoms with van der Waals surface area (Å²) >= 11 is 0. The molecule has 0 amide bonds. The van der Waals surface area contributed by atoms with E-state index in [0.29, 0.717) is 24.0 Å². The smallest absolute Gasteiger partial charge is 0.338 e. The Kier molecular flexibility index (Phi) is 3.54. The second-order valence-electron chi connectivity index (χ2n) is 5.79. The molecular formula is C15H18O4S. The summed E-state index contributed by atoms with van der Waals surface area (Å²) in [6.45, 7) is 0.442. The molecule has 2 aliphatic rings. The highest BCUT2D eigenvalue weighted by Gasteiger charge is 2.29. The zero-order chi connectivity index (χ0) is 14.2. The Labute approximate surface area is 119 Å². The van der Waals surface area contributed by atoms with E-state index >= 15 is 0 Å². The predicted molar refractivity (Wildman–Crippen MR) is 74.2 cm³/mol. The quantitative estimate of drug-likeness (QED) is 0.756. The Balaban J connectivity index is 1.72. The number of carbonyl (C=O) groups excluding carboxylic acids is 1. The molecule has 0 aliphatic heterocycles. The molecule has 2 fully saturated rings. The van der Waals surface area contributed by atoms with E-state index in [9.17, 15) is 13.2 Å². The average Bonchev–Trinajstić information content (AvgIpc) is 3.31. The molecule has 20 heavy (non-hydrogen) atoms. The zero-order valence-corrected chi connectivity index (χ0v) is 12.1. The Morgan fingerprint density at radius 2 is 1.85 bits per heavy atom. The van der Waals surface area contributed by atoms with Crippen LogP contribution >= 0.6 is 0 Å². The first-order valence-corrected chi connectivity index (χ1v) is 8.70. The fourth-order valence-corrected chi connectivity index (χ4v) is 3.81. The Hall–Kier alpha value is -1.36. The van der Waals surface area contributed by atoms with Gasteiger partial charge in [0.25, 0.3) is 0 Å². The minimum Gasteiger partial charge on any atom is -0.462 e. The fourth-order valence-electron chi connectivity index (χ4n) is 2.07. The Bertz CT molecular complexity index is 613. The molecule has 0 heterocycles. The van der Waals surface area contributed by atoms with Gasteiger partial charge in [-0.1, -0.05) is 6.07 Å². The van der Waals surface area contributed by atoms with Gasteiger partial charge in [-0.2, -0.15) is 0 Å². The lowest BCUT2D eigenvalue weighted by Gasteiger charge is -2.07. The molecule has 3 rings (SSSR count). The zero-order valence-electron chi connectivity index (χ0n) is 11.2. The first kappa shape index (κ1) is 13.6. The van der Waals surface area contributed by atoms with E-state index in [0.717, 1.165) is 25.7 Å². The van der Waals surface area contributed by atoms with Crippen LogP contribution in [0.2, 0.25) is 0 Å². The van der Waals surface area contributed by atoms with Crippen molar-refractivity contribution in [1.29, 1.82) is 0 Å². The molecule has 5 heteroatoms. The molecule has 0 bridgehead atoms. The van der Waals surface area contributed by atoms with Crippen LogP contribution in [0.3, 0.4) is 0 Å². The van der Waals surface area contributed by atoms with Gasteiger partial charge in [-0.15, -0.1) is 0 Å². The largest absolute Gasteiger partial charge is 0.462 e. The normalized spacial score (nSPS) is 18.8. The number of ether oxygens (including phenoxy) is 1. The highest BCUT2D eigenvalue weighted by atomic mass is 32.2. The van der Waals surface area contributed by atoms with Crippen molar-refractivity contribution in [2.45, 2.75) is 30.6 Å². The predicted octanol–water partition coefficient (Wildman–Crippen LogP) is 2.44. The van der Waals surface area contributed by atoms with Crippen molar-refractivity contribution in [3.8, 4) is 0 Å². The van der Waals surface area contributed by atoms with Crippen LogP contribution in [0.5, 0.6) is 0 Å². The summed E-state index contributed by atoms with van der Waals surface area (Å²) in [5.74, 6) is 0.555. The molecule has 0 atom stereocenters. The van der Waals surface area contributed by atoms with E-state index in [1.165, 1.54) is 6.07 Å². The molecule has 0 saturated heterocycles. The molecule has 108 valence electrons. The second-order valence-corrected chi connectivity index (χ2v) is 7.83. The van der Waals surface area contributed by atoms with Crippen molar-refractivity contribution in [1.82, 2.24) is 0 Å². The highest BCUT2D eigenvalue weighted by molar-refractivity contribution is 7.91. The maximum Gasteiger partial charge on any atom is 0.338 e. The SMILES string of the molecule is O=C(OCC1CC1)c1cccc(S(=O)(=O)CC2CC2)c1. The van der Waals surface area contributed by atoms with E-state index in [-0.39, 0.29) is 10.6 Å². The van der Waals surface area contributed by atoms with Gasteiger partial charge in [-0.3, -0.25) is 0 Å². The van der Waals surface area contributed by atoms with E-state index in [1.54, 1.807) is 18.2 Å². The molecule has 2 aliphatic carbocycles. The van der Waals surface area contributed by atoms with E-state index in [4.69, 9.17) is 4.74 Å². The summed E-state index contributed by atoms with van der Waals surface area (Å²) in [6, 6.07) is 6.20. The highest BCUT2D eigenvalue weighted by Crippen LogP contribution is 2.32. The maximum atomic E-state index is 12.2. The van der Waals surface area contributed by atoms with Crippen molar-refractivity contribution in [3.63, 3.8) is 0 Å². The van der Waals surface area contributed by atoms with E-state index in [1.807, 2.05) is 0 Å². The molecule has 0 unspecified atom stereocenters. The molecule has 0 spiro atoms. The van der Waals surface area contributed by atoms with Gasteiger partial charge in [-0.25, -0.2) is 13.2 Å². The minimum absolute atomic E-state index is 0.188. The maximum absolute atomic E-state index is 12.2. The van der Waals surface area contributed by atoms with Crippen molar-refractivity contribution >= 4 is 15.8 Å². The number of hydrogen-bond donors (Lipinski definition) is 0. The molecule has 2 saturated carbocycles. The summed E-state index contributed by atoms with van der Waals surface area (Å²) < 4.78 is 29.5. The lowest BCUT2D eigenvalue weighted by atomic mass is 10.2. The lowest BCUT2D eigenvalue weighted by Crippen LogP contribution is -2.11. The van der Waals surface area contributed by atoms with Gasteiger partial charge in [0, 0.05) is 0 Å². The molecule has 1 aromatic carbocycles. The Morgan fingerprint density at radius 3 is 2.50 bits per heavy atom. The van der Waals surface area contributed by atoms with Crippen LogP contribution in [0.15, 0.2) is 29.2 Å². The van der Waals surface area contributed by atoms with E-state index < -0.39 is 15.8 Å². The first-order valence-electron chi connectivity index (χ1n) is 7.04. The molecule has 0 N–H and O–H groups in total. The lowest BCUT2D eigenvalue weighted by molar-refractivity contribution is 0.0486. The van der Waals surface area contributed by atoms with Crippen LogP contribution in [0.4, 0.5) is 0 Å². The number of sulfone groups is 1. The summed E-state index contributed by atoms with van der Waals surface area (Å²) in [5.41, 5.74) is 0.322. The number of rotatable bonds is 6. The molecule has 0 aromatic heterocycles. The minimum atomic E-state index is -3.28. The van der Waals surface area contributed by atoms with Crippen LogP contribution in [-0.2, 0) is 14.6 Å². The molecule has 4 nitrogen and oxygen atoms in total. The summed E-state index contributed by atoms with van der Waals surface area (Å²) in [6.07, 6.45) is 4.21. The third kappa shape index (κ3) is 3.39. The third-order valence-corrected chi connectivity index (χ3v) is 5.61. The standard InChI is InChI=1S/C15H18O4S/c16-15(19-9-11-4-5-11)13-2-1-3-14(8-13)20(17,18)10-12-6-7-12/h1-3,8,11-12H,4-7,9-10H2. The summed E-state index contributed by atoms with van der Waals surface area (Å²) in [4.78, 5) is 12.1. The number of esters is 1. The number of hydrogen-bond acceptors (Lipinski definition) is 4. The van der Waals surface area contributed by atoms with E-state index in [2.05, 4.69) is 0 Å². The average molecular weight is 294 g/mol. The first-order chi connectivity index (χ1) is 9.54. The summed E-state index contributed by atoms with van der Waals surface area (Å²) in [7, 11) is -3.28.